The lowest BCUT2D eigenvalue weighted by Gasteiger charge is -2.06. The van der Waals surface area contributed by atoms with Crippen molar-refractivity contribution < 1.29 is 18.9 Å². The Morgan fingerprint density at radius 3 is 1.28 bits per heavy atom. The van der Waals surface area contributed by atoms with E-state index in [9.17, 15) is 0 Å². The van der Waals surface area contributed by atoms with Gasteiger partial charge in [0.1, 0.15) is 0 Å². The summed E-state index contributed by atoms with van der Waals surface area (Å²) < 4.78 is 21.5. The Labute approximate surface area is 112 Å². The Hall–Kier alpha value is -0.160. The average Bonchev–Trinajstić information content (AvgIpc) is 2.39. The zero-order chi connectivity index (χ0) is 13.3. The second kappa shape index (κ2) is 16.8. The molecule has 0 heterocycles. The van der Waals surface area contributed by atoms with Gasteiger partial charge in [-0.1, -0.05) is 6.92 Å². The Morgan fingerprint density at radius 2 is 0.889 bits per heavy atom. The highest BCUT2D eigenvalue weighted by Gasteiger charge is 1.92. The molecule has 0 rings (SSSR count). The third-order valence-corrected chi connectivity index (χ3v) is 2.28. The van der Waals surface area contributed by atoms with Crippen LogP contribution in [0.25, 0.3) is 0 Å². The fourth-order valence-corrected chi connectivity index (χ4v) is 1.38. The second-order valence-electron chi connectivity index (χ2n) is 4.09. The van der Waals surface area contributed by atoms with E-state index in [0.29, 0.717) is 0 Å². The predicted octanol–water partition coefficient (Wildman–Crippen LogP) is 2.65. The van der Waals surface area contributed by atoms with Crippen LogP contribution in [0.2, 0.25) is 0 Å². The first-order chi connectivity index (χ1) is 8.91. The van der Waals surface area contributed by atoms with Crippen molar-refractivity contribution in [2.45, 2.75) is 39.5 Å². The SMILES string of the molecule is CCCOCCCOCCCOCCCOCC. The molecule has 0 atom stereocenters. The molecule has 0 fully saturated rings. The smallest absolute Gasteiger partial charge is 0.0488 e. The summed E-state index contributed by atoms with van der Waals surface area (Å²) in [7, 11) is 0. The van der Waals surface area contributed by atoms with Gasteiger partial charge in [-0.3, -0.25) is 0 Å². The molecular weight excluding hydrogens is 232 g/mol. The minimum atomic E-state index is 0.776. The molecule has 0 amide bonds. The summed E-state index contributed by atoms with van der Waals surface area (Å²) in [6.07, 6.45) is 4.00. The van der Waals surface area contributed by atoms with Crippen molar-refractivity contribution >= 4 is 0 Å². The summed E-state index contributed by atoms with van der Waals surface area (Å²) in [5, 5.41) is 0. The predicted molar refractivity (Wildman–Crippen MR) is 73.1 cm³/mol. The zero-order valence-corrected chi connectivity index (χ0v) is 12.1. The lowest BCUT2D eigenvalue weighted by atomic mass is 10.4. The van der Waals surface area contributed by atoms with E-state index in [4.69, 9.17) is 18.9 Å². The van der Waals surface area contributed by atoms with Crippen LogP contribution >= 0.6 is 0 Å². The van der Waals surface area contributed by atoms with Gasteiger partial charge in [0.25, 0.3) is 0 Å². The van der Waals surface area contributed by atoms with Crippen molar-refractivity contribution in [1.29, 1.82) is 0 Å². The van der Waals surface area contributed by atoms with Crippen LogP contribution in [0.4, 0.5) is 0 Å². The molecule has 0 saturated carbocycles. The van der Waals surface area contributed by atoms with E-state index >= 15 is 0 Å². The molecule has 0 aromatic heterocycles. The van der Waals surface area contributed by atoms with E-state index in [2.05, 4.69) is 6.92 Å². The molecule has 18 heavy (non-hydrogen) atoms. The van der Waals surface area contributed by atoms with Gasteiger partial charge in [-0.2, -0.15) is 0 Å². The van der Waals surface area contributed by atoms with Crippen LogP contribution in [0.5, 0.6) is 0 Å². The van der Waals surface area contributed by atoms with E-state index < -0.39 is 0 Å². The van der Waals surface area contributed by atoms with Crippen molar-refractivity contribution in [3.8, 4) is 0 Å². The molecule has 0 aliphatic rings. The van der Waals surface area contributed by atoms with E-state index in [1.54, 1.807) is 0 Å². The third kappa shape index (κ3) is 15.8. The molecule has 0 aliphatic carbocycles. The number of hydrogen-bond acceptors (Lipinski definition) is 4. The average molecular weight is 262 g/mol. The van der Waals surface area contributed by atoms with E-state index in [1.807, 2.05) is 6.92 Å². The molecule has 0 aromatic carbocycles. The summed E-state index contributed by atoms with van der Waals surface area (Å²) in [5.41, 5.74) is 0. The fraction of sp³-hybridized carbons (Fsp3) is 1.00. The lowest BCUT2D eigenvalue weighted by molar-refractivity contribution is 0.0554. The van der Waals surface area contributed by atoms with Crippen LogP contribution in [-0.4, -0.2) is 52.9 Å². The van der Waals surface area contributed by atoms with Crippen LogP contribution in [0.15, 0.2) is 0 Å². The van der Waals surface area contributed by atoms with E-state index in [1.165, 1.54) is 0 Å². The maximum absolute atomic E-state index is 5.47. The first-order valence-corrected chi connectivity index (χ1v) is 7.22. The van der Waals surface area contributed by atoms with Gasteiger partial charge in [-0.05, 0) is 32.6 Å². The summed E-state index contributed by atoms with van der Waals surface area (Å²) in [4.78, 5) is 0. The molecule has 0 bridgehead atoms. The Bertz CT molecular complexity index is 126. The summed E-state index contributed by atoms with van der Waals surface area (Å²) in [6, 6.07) is 0. The van der Waals surface area contributed by atoms with Gasteiger partial charge >= 0.3 is 0 Å². The molecule has 0 spiro atoms. The van der Waals surface area contributed by atoms with E-state index in [-0.39, 0.29) is 0 Å². The Kier molecular flexibility index (Phi) is 16.7. The molecule has 4 nitrogen and oxygen atoms in total. The summed E-state index contributed by atoms with van der Waals surface area (Å²) in [5.74, 6) is 0. The van der Waals surface area contributed by atoms with Crippen LogP contribution < -0.4 is 0 Å². The van der Waals surface area contributed by atoms with Gasteiger partial charge < -0.3 is 18.9 Å². The first-order valence-electron chi connectivity index (χ1n) is 7.22. The Balaban J connectivity index is 2.86. The maximum atomic E-state index is 5.47. The van der Waals surface area contributed by atoms with Gasteiger partial charge in [-0.15, -0.1) is 0 Å². The summed E-state index contributed by atoms with van der Waals surface area (Å²) in [6.45, 7) is 10.5. The molecule has 0 aliphatic heterocycles. The lowest BCUT2D eigenvalue weighted by Crippen LogP contribution is -2.06. The maximum Gasteiger partial charge on any atom is 0.0488 e. The molecule has 0 N–H and O–H groups in total. The minimum Gasteiger partial charge on any atom is -0.382 e. The number of hydrogen-bond donors (Lipinski definition) is 0. The van der Waals surface area contributed by atoms with Crippen LogP contribution in [0.3, 0.4) is 0 Å². The van der Waals surface area contributed by atoms with Gasteiger partial charge in [0.05, 0.1) is 0 Å². The monoisotopic (exact) mass is 262 g/mol. The van der Waals surface area contributed by atoms with E-state index in [0.717, 1.165) is 78.5 Å². The van der Waals surface area contributed by atoms with Crippen molar-refractivity contribution in [2.24, 2.45) is 0 Å². The highest BCUT2D eigenvalue weighted by Crippen LogP contribution is 1.91. The molecule has 0 unspecified atom stereocenters. The number of ether oxygens (including phenoxy) is 4. The van der Waals surface area contributed by atoms with Crippen molar-refractivity contribution in [3.63, 3.8) is 0 Å². The highest BCUT2D eigenvalue weighted by atomic mass is 16.5. The van der Waals surface area contributed by atoms with Crippen LogP contribution in [-0.2, 0) is 18.9 Å². The molecule has 0 aromatic rings. The van der Waals surface area contributed by atoms with Crippen molar-refractivity contribution in [3.05, 3.63) is 0 Å². The van der Waals surface area contributed by atoms with Gasteiger partial charge in [0, 0.05) is 52.9 Å². The van der Waals surface area contributed by atoms with Crippen molar-refractivity contribution in [1.82, 2.24) is 0 Å². The van der Waals surface area contributed by atoms with Gasteiger partial charge in [0.15, 0.2) is 0 Å². The highest BCUT2D eigenvalue weighted by molar-refractivity contribution is 4.39. The van der Waals surface area contributed by atoms with Crippen LogP contribution in [0, 0.1) is 0 Å². The first kappa shape index (κ1) is 17.8. The molecule has 110 valence electrons. The van der Waals surface area contributed by atoms with Gasteiger partial charge in [0.2, 0.25) is 0 Å². The van der Waals surface area contributed by atoms with Gasteiger partial charge in [-0.25, -0.2) is 0 Å². The fourth-order valence-electron chi connectivity index (χ4n) is 1.38. The standard InChI is InChI=1S/C14H30O4/c1-3-8-16-10-6-12-18-14-7-13-17-11-5-9-15-4-2/h3-14H2,1-2H3. The molecular formula is C14H30O4. The zero-order valence-electron chi connectivity index (χ0n) is 12.1. The molecule has 0 radical (unpaired) electrons. The molecule has 4 heteroatoms. The quantitative estimate of drug-likeness (QED) is 0.425. The van der Waals surface area contributed by atoms with Crippen molar-refractivity contribution in [2.75, 3.05) is 52.9 Å². The van der Waals surface area contributed by atoms with Crippen LogP contribution in [0.1, 0.15) is 39.5 Å². The number of rotatable bonds is 15. The Morgan fingerprint density at radius 1 is 0.500 bits per heavy atom. The minimum absolute atomic E-state index is 0.776. The normalized spacial score (nSPS) is 11.0. The topological polar surface area (TPSA) is 36.9 Å². The molecule has 0 saturated heterocycles. The largest absolute Gasteiger partial charge is 0.382 e. The third-order valence-electron chi connectivity index (χ3n) is 2.28. The second-order valence-corrected chi connectivity index (χ2v) is 4.09. The summed E-state index contributed by atoms with van der Waals surface area (Å²) >= 11 is 0.